The van der Waals surface area contributed by atoms with Gasteiger partial charge in [0, 0.05) is 32.1 Å². The van der Waals surface area contributed by atoms with Gasteiger partial charge in [-0.25, -0.2) is 0 Å². The Morgan fingerprint density at radius 1 is 1.22 bits per heavy atom. The maximum atomic E-state index is 12.2. The van der Waals surface area contributed by atoms with E-state index in [-0.39, 0.29) is 10.7 Å². The van der Waals surface area contributed by atoms with E-state index in [1.807, 2.05) is 11.8 Å². The first kappa shape index (κ1) is 17.1. The highest BCUT2D eigenvalue weighted by atomic mass is 79.9. The summed E-state index contributed by atoms with van der Waals surface area (Å²) < 4.78 is 0. The predicted octanol–water partition coefficient (Wildman–Crippen LogP) is 3.41. The fourth-order valence-corrected chi connectivity index (χ4v) is 4.71. The predicted molar refractivity (Wildman–Crippen MR) is 97.5 cm³/mol. The normalized spacial score (nSPS) is 21.5. The van der Waals surface area contributed by atoms with Crippen molar-refractivity contribution in [1.29, 1.82) is 0 Å². The molecule has 23 heavy (non-hydrogen) atoms. The number of hydrogen-bond acceptors (Lipinski definition) is 5. The molecule has 1 unspecified atom stereocenters. The Balaban J connectivity index is 1.55. The number of carbonyl (C=O) groups is 1. The number of anilines is 1. The van der Waals surface area contributed by atoms with E-state index >= 15 is 0 Å². The van der Waals surface area contributed by atoms with Crippen LogP contribution >= 0.6 is 27.3 Å². The van der Waals surface area contributed by atoms with Crippen molar-refractivity contribution in [3.05, 3.63) is 5.01 Å². The number of halogens is 1. The van der Waals surface area contributed by atoms with Crippen molar-refractivity contribution in [1.82, 2.24) is 15.1 Å². The SMILES string of the molecule is CCC(Br)C(=O)N1CCN(c2nnc(C3CCCCC3)s2)CC1. The number of rotatable bonds is 4. The molecule has 1 aromatic rings. The van der Waals surface area contributed by atoms with E-state index in [4.69, 9.17) is 0 Å². The molecular formula is C16H25BrN4OS. The van der Waals surface area contributed by atoms with Gasteiger partial charge < -0.3 is 9.80 Å². The molecule has 5 nitrogen and oxygen atoms in total. The number of aromatic nitrogens is 2. The van der Waals surface area contributed by atoms with Gasteiger partial charge in [0.05, 0.1) is 4.83 Å². The zero-order chi connectivity index (χ0) is 16.2. The second-order valence-electron chi connectivity index (χ2n) is 6.45. The zero-order valence-electron chi connectivity index (χ0n) is 13.7. The average Bonchev–Trinajstić information content (AvgIpc) is 3.11. The third-order valence-corrected chi connectivity index (χ3v) is 7.06. The minimum absolute atomic E-state index is 0.0477. The van der Waals surface area contributed by atoms with E-state index in [1.165, 1.54) is 37.1 Å². The van der Waals surface area contributed by atoms with Gasteiger partial charge in [-0.2, -0.15) is 0 Å². The highest BCUT2D eigenvalue weighted by molar-refractivity contribution is 9.10. The summed E-state index contributed by atoms with van der Waals surface area (Å²) in [6.07, 6.45) is 7.38. The van der Waals surface area contributed by atoms with Crippen molar-refractivity contribution in [2.45, 2.75) is 56.2 Å². The Kier molecular flexibility index (Phi) is 5.91. The van der Waals surface area contributed by atoms with Crippen molar-refractivity contribution in [2.75, 3.05) is 31.1 Å². The average molecular weight is 401 g/mol. The first-order valence-corrected chi connectivity index (χ1v) is 10.4. The quantitative estimate of drug-likeness (QED) is 0.726. The van der Waals surface area contributed by atoms with Crippen LogP contribution in [0.25, 0.3) is 0 Å². The third-order valence-electron chi connectivity index (χ3n) is 4.87. The Labute approximate surface area is 150 Å². The number of alkyl halides is 1. The van der Waals surface area contributed by atoms with Crippen molar-refractivity contribution >= 4 is 38.3 Å². The van der Waals surface area contributed by atoms with E-state index in [9.17, 15) is 4.79 Å². The molecule has 1 saturated carbocycles. The first-order valence-electron chi connectivity index (χ1n) is 8.70. The summed E-state index contributed by atoms with van der Waals surface area (Å²) in [6, 6.07) is 0. The van der Waals surface area contributed by atoms with Gasteiger partial charge in [0.1, 0.15) is 5.01 Å². The van der Waals surface area contributed by atoms with E-state index in [0.717, 1.165) is 37.7 Å². The van der Waals surface area contributed by atoms with Gasteiger partial charge in [-0.15, -0.1) is 10.2 Å². The summed E-state index contributed by atoms with van der Waals surface area (Å²) in [5.74, 6) is 0.837. The second kappa shape index (κ2) is 7.92. The van der Waals surface area contributed by atoms with E-state index < -0.39 is 0 Å². The second-order valence-corrected chi connectivity index (χ2v) is 8.54. The number of hydrogen-bond donors (Lipinski definition) is 0. The molecule has 1 aliphatic carbocycles. The molecule has 0 N–H and O–H groups in total. The van der Waals surface area contributed by atoms with Crippen molar-refractivity contribution in [3.8, 4) is 0 Å². The van der Waals surface area contributed by atoms with Crippen LogP contribution in [-0.2, 0) is 4.79 Å². The lowest BCUT2D eigenvalue weighted by Crippen LogP contribution is -2.50. The molecule has 128 valence electrons. The molecule has 2 fully saturated rings. The maximum Gasteiger partial charge on any atom is 0.236 e. The highest BCUT2D eigenvalue weighted by Crippen LogP contribution is 2.36. The Bertz CT molecular complexity index is 524. The van der Waals surface area contributed by atoms with Crippen molar-refractivity contribution < 1.29 is 4.79 Å². The fraction of sp³-hybridized carbons (Fsp3) is 0.812. The van der Waals surface area contributed by atoms with E-state index in [0.29, 0.717) is 5.92 Å². The molecule has 0 aromatic carbocycles. The van der Waals surface area contributed by atoms with Crippen LogP contribution in [0, 0.1) is 0 Å². The monoisotopic (exact) mass is 400 g/mol. The zero-order valence-corrected chi connectivity index (χ0v) is 16.1. The van der Waals surface area contributed by atoms with Crippen LogP contribution < -0.4 is 4.90 Å². The van der Waals surface area contributed by atoms with Gasteiger partial charge in [-0.05, 0) is 19.3 Å². The molecule has 7 heteroatoms. The summed E-state index contributed by atoms with van der Waals surface area (Å²) in [4.78, 5) is 16.4. The van der Waals surface area contributed by atoms with E-state index in [1.54, 1.807) is 11.3 Å². The Hall–Kier alpha value is -0.690. The van der Waals surface area contributed by atoms with Crippen LogP contribution in [0.3, 0.4) is 0 Å². The summed E-state index contributed by atoms with van der Waals surface area (Å²) >= 11 is 5.22. The van der Waals surface area contributed by atoms with Gasteiger partial charge in [-0.1, -0.05) is 53.5 Å². The topological polar surface area (TPSA) is 49.3 Å². The lowest BCUT2D eigenvalue weighted by molar-refractivity contribution is -0.130. The van der Waals surface area contributed by atoms with Crippen LogP contribution in [0.1, 0.15) is 56.4 Å². The standard InChI is InChI=1S/C16H25BrN4OS/c1-2-13(17)15(22)20-8-10-21(11-9-20)16-19-18-14(23-16)12-6-4-3-5-7-12/h12-13H,2-11H2,1H3. The van der Waals surface area contributed by atoms with Crippen LogP contribution in [0.15, 0.2) is 0 Å². The summed E-state index contributed by atoms with van der Waals surface area (Å²) in [7, 11) is 0. The molecule has 3 rings (SSSR count). The molecule has 2 heterocycles. The van der Waals surface area contributed by atoms with Gasteiger partial charge in [0.2, 0.25) is 11.0 Å². The minimum Gasteiger partial charge on any atom is -0.343 e. The smallest absolute Gasteiger partial charge is 0.236 e. The molecule has 0 radical (unpaired) electrons. The first-order chi connectivity index (χ1) is 11.2. The van der Waals surface area contributed by atoms with Crippen LogP contribution in [0.2, 0.25) is 0 Å². The molecule has 1 amide bonds. The third kappa shape index (κ3) is 4.05. The highest BCUT2D eigenvalue weighted by Gasteiger charge is 2.27. The van der Waals surface area contributed by atoms with E-state index in [2.05, 4.69) is 31.0 Å². The van der Waals surface area contributed by atoms with Crippen molar-refractivity contribution in [3.63, 3.8) is 0 Å². The largest absolute Gasteiger partial charge is 0.343 e. The van der Waals surface area contributed by atoms with Crippen LogP contribution in [0.4, 0.5) is 5.13 Å². The number of amides is 1. The van der Waals surface area contributed by atoms with Crippen molar-refractivity contribution in [2.24, 2.45) is 0 Å². The molecule has 1 aromatic heterocycles. The Morgan fingerprint density at radius 3 is 2.57 bits per heavy atom. The lowest BCUT2D eigenvalue weighted by Gasteiger charge is -2.35. The number of piperazine rings is 1. The van der Waals surface area contributed by atoms with Gasteiger partial charge in [-0.3, -0.25) is 4.79 Å². The summed E-state index contributed by atoms with van der Waals surface area (Å²) in [5, 5.41) is 11.1. The van der Waals surface area contributed by atoms with Gasteiger partial charge in [0.15, 0.2) is 0 Å². The molecule has 2 aliphatic rings. The van der Waals surface area contributed by atoms with Gasteiger partial charge in [0.25, 0.3) is 0 Å². The lowest BCUT2D eigenvalue weighted by atomic mass is 9.90. The number of carbonyl (C=O) groups excluding carboxylic acids is 1. The maximum absolute atomic E-state index is 12.2. The van der Waals surface area contributed by atoms with Crippen LogP contribution in [0.5, 0.6) is 0 Å². The molecule has 1 atom stereocenters. The number of nitrogens with zero attached hydrogens (tertiary/aromatic N) is 4. The molecular weight excluding hydrogens is 376 g/mol. The molecule has 1 aliphatic heterocycles. The van der Waals surface area contributed by atoms with Crippen LogP contribution in [-0.4, -0.2) is 52.0 Å². The minimum atomic E-state index is -0.0477. The summed E-state index contributed by atoms with van der Waals surface area (Å²) in [5.41, 5.74) is 0. The van der Waals surface area contributed by atoms with Gasteiger partial charge >= 0.3 is 0 Å². The molecule has 1 saturated heterocycles. The molecule has 0 bridgehead atoms. The summed E-state index contributed by atoms with van der Waals surface area (Å²) in [6.45, 7) is 5.29. The fourth-order valence-electron chi connectivity index (χ4n) is 3.36. The Morgan fingerprint density at radius 2 is 1.91 bits per heavy atom. The molecule has 0 spiro atoms.